The average molecular weight is 221 g/mol. The largest absolute Gasteiger partial charge is 0.378 e. The molecule has 2 heterocycles. The highest BCUT2D eigenvalue weighted by Crippen LogP contribution is 2.15. The lowest BCUT2D eigenvalue weighted by molar-refractivity contribution is 0.122. The van der Waals surface area contributed by atoms with Crippen molar-refractivity contribution in [2.75, 3.05) is 36.9 Å². The van der Waals surface area contributed by atoms with Crippen LogP contribution in [-0.4, -0.2) is 36.3 Å². The number of ether oxygens (including phenoxy) is 1. The third-order valence-electron chi connectivity index (χ3n) is 2.34. The van der Waals surface area contributed by atoms with Crippen LogP contribution in [0.4, 0.5) is 11.8 Å². The zero-order valence-electron chi connectivity index (χ0n) is 8.56. The van der Waals surface area contributed by atoms with Crippen LogP contribution in [0.3, 0.4) is 0 Å². The number of H-pyrrole nitrogens is 1. The smallest absolute Gasteiger partial charge is 0.272 e. The predicted molar refractivity (Wildman–Crippen MR) is 57.0 cm³/mol. The molecule has 3 N–H and O–H groups in total. The molecule has 84 valence electrons. The van der Waals surface area contributed by atoms with Gasteiger partial charge in [0, 0.05) is 13.1 Å². The average Bonchev–Trinajstić information content (AvgIpc) is 2.29. The molecule has 0 aliphatic carbocycles. The first-order valence-corrected chi connectivity index (χ1v) is 4.85. The van der Waals surface area contributed by atoms with Gasteiger partial charge in [-0.2, -0.15) is 10.2 Å². The van der Waals surface area contributed by atoms with Gasteiger partial charge in [0.15, 0.2) is 11.4 Å². The van der Waals surface area contributed by atoms with E-state index >= 15 is 0 Å². The molecule has 0 atom stereocenters. The summed E-state index contributed by atoms with van der Waals surface area (Å²) >= 11 is 0. The van der Waals surface area contributed by atoms with Gasteiger partial charge in [-0.1, -0.05) is 0 Å². The summed E-state index contributed by atoms with van der Waals surface area (Å²) in [6, 6.07) is 1.84. The quantitative estimate of drug-likeness (QED) is 0.633. The molecular weight excluding hydrogens is 210 g/mol. The van der Waals surface area contributed by atoms with Crippen molar-refractivity contribution in [3.05, 3.63) is 15.9 Å². The molecule has 2 rings (SSSR count). The summed E-state index contributed by atoms with van der Waals surface area (Å²) in [6.07, 6.45) is 0. The molecule has 0 aromatic carbocycles. The van der Waals surface area contributed by atoms with Gasteiger partial charge in [0.1, 0.15) is 6.07 Å². The summed E-state index contributed by atoms with van der Waals surface area (Å²) in [5.41, 5.74) is 4.95. The Labute approximate surface area is 91.5 Å². The normalized spacial score (nSPS) is 15.8. The molecule has 0 spiro atoms. The molecule has 0 amide bonds. The number of anilines is 2. The van der Waals surface area contributed by atoms with Crippen LogP contribution < -0.4 is 16.2 Å². The number of morpholine rings is 1. The number of rotatable bonds is 1. The summed E-state index contributed by atoms with van der Waals surface area (Å²) in [5, 5.41) is 8.91. The van der Waals surface area contributed by atoms with E-state index < -0.39 is 5.56 Å². The van der Waals surface area contributed by atoms with Crippen molar-refractivity contribution in [3.8, 4) is 6.07 Å². The lowest BCUT2D eigenvalue weighted by Gasteiger charge is -2.28. The number of hydrogen-bond donors (Lipinski definition) is 2. The molecule has 0 saturated carbocycles. The SMILES string of the molecule is N#Cc1c(N2CCOCC2)nc(N)[nH]c1=O. The highest BCUT2D eigenvalue weighted by molar-refractivity contribution is 5.54. The van der Waals surface area contributed by atoms with Gasteiger partial charge in [-0.25, -0.2) is 0 Å². The molecule has 1 aromatic heterocycles. The monoisotopic (exact) mass is 221 g/mol. The Kier molecular flexibility index (Phi) is 2.74. The van der Waals surface area contributed by atoms with E-state index in [1.54, 1.807) is 0 Å². The van der Waals surface area contributed by atoms with Crippen LogP contribution >= 0.6 is 0 Å². The Morgan fingerprint density at radius 1 is 1.50 bits per heavy atom. The minimum atomic E-state index is -0.503. The van der Waals surface area contributed by atoms with Crippen molar-refractivity contribution in [3.63, 3.8) is 0 Å². The number of nitrogen functional groups attached to an aromatic ring is 1. The molecule has 1 fully saturated rings. The number of aromatic amines is 1. The Morgan fingerprint density at radius 2 is 2.19 bits per heavy atom. The van der Waals surface area contributed by atoms with Gasteiger partial charge < -0.3 is 15.4 Å². The van der Waals surface area contributed by atoms with Gasteiger partial charge >= 0.3 is 0 Å². The summed E-state index contributed by atoms with van der Waals surface area (Å²) in [5.74, 6) is 0.359. The van der Waals surface area contributed by atoms with Crippen LogP contribution in [0.25, 0.3) is 0 Å². The number of nitrogens with one attached hydrogen (secondary N) is 1. The first kappa shape index (κ1) is 10.4. The molecule has 16 heavy (non-hydrogen) atoms. The molecule has 1 aliphatic rings. The van der Waals surface area contributed by atoms with Gasteiger partial charge in [0.05, 0.1) is 13.2 Å². The van der Waals surface area contributed by atoms with Crippen molar-refractivity contribution in [2.24, 2.45) is 0 Å². The van der Waals surface area contributed by atoms with Gasteiger partial charge in [0.25, 0.3) is 5.56 Å². The fraction of sp³-hybridized carbons (Fsp3) is 0.444. The molecule has 7 nitrogen and oxygen atoms in total. The Hall–Kier alpha value is -2.07. The third-order valence-corrected chi connectivity index (χ3v) is 2.34. The second-order valence-electron chi connectivity index (χ2n) is 3.36. The first-order chi connectivity index (χ1) is 7.72. The van der Waals surface area contributed by atoms with Gasteiger partial charge in [-0.05, 0) is 0 Å². The second-order valence-corrected chi connectivity index (χ2v) is 3.36. The van der Waals surface area contributed by atoms with Crippen LogP contribution in [0.1, 0.15) is 5.56 Å². The molecular formula is C9H11N5O2. The fourth-order valence-electron chi connectivity index (χ4n) is 1.58. The molecule has 1 aliphatic heterocycles. The molecule has 0 radical (unpaired) electrons. The number of nitriles is 1. The standard InChI is InChI=1S/C9H11N5O2/c10-5-6-7(12-9(11)13-8(6)15)14-1-3-16-4-2-14/h1-4H2,(H3,11,12,13,15). The summed E-state index contributed by atoms with van der Waals surface area (Å²) in [7, 11) is 0. The summed E-state index contributed by atoms with van der Waals surface area (Å²) in [6.45, 7) is 2.31. The Balaban J connectivity index is 2.46. The van der Waals surface area contributed by atoms with Crippen LogP contribution in [-0.2, 0) is 4.74 Å². The fourth-order valence-corrected chi connectivity index (χ4v) is 1.58. The van der Waals surface area contributed by atoms with Gasteiger partial charge in [-0.3, -0.25) is 9.78 Å². The van der Waals surface area contributed by atoms with Crippen molar-refractivity contribution >= 4 is 11.8 Å². The molecule has 0 unspecified atom stereocenters. The van der Waals surface area contributed by atoms with E-state index in [1.807, 2.05) is 11.0 Å². The van der Waals surface area contributed by atoms with E-state index in [1.165, 1.54) is 0 Å². The van der Waals surface area contributed by atoms with Crippen LogP contribution in [0.2, 0.25) is 0 Å². The van der Waals surface area contributed by atoms with E-state index in [0.717, 1.165) is 0 Å². The van der Waals surface area contributed by atoms with E-state index in [-0.39, 0.29) is 11.5 Å². The van der Waals surface area contributed by atoms with Crippen molar-refractivity contribution < 1.29 is 4.74 Å². The maximum Gasteiger partial charge on any atom is 0.272 e. The molecule has 1 aromatic rings. The second kappa shape index (κ2) is 4.20. The predicted octanol–water partition coefficient (Wildman–Crippen LogP) is -0.940. The number of aromatic nitrogens is 2. The van der Waals surface area contributed by atoms with Crippen molar-refractivity contribution in [1.82, 2.24) is 9.97 Å². The zero-order valence-corrected chi connectivity index (χ0v) is 8.56. The van der Waals surface area contributed by atoms with Crippen molar-refractivity contribution in [1.29, 1.82) is 5.26 Å². The lowest BCUT2D eigenvalue weighted by Crippen LogP contribution is -2.38. The maximum atomic E-state index is 11.5. The summed E-state index contributed by atoms with van der Waals surface area (Å²) < 4.78 is 5.19. The van der Waals surface area contributed by atoms with E-state index in [2.05, 4.69) is 9.97 Å². The highest BCUT2D eigenvalue weighted by atomic mass is 16.5. The maximum absolute atomic E-state index is 11.5. The number of hydrogen-bond acceptors (Lipinski definition) is 6. The van der Waals surface area contributed by atoms with E-state index in [0.29, 0.717) is 32.1 Å². The first-order valence-electron chi connectivity index (χ1n) is 4.85. The summed E-state index contributed by atoms with van der Waals surface area (Å²) in [4.78, 5) is 19.6. The van der Waals surface area contributed by atoms with Crippen LogP contribution in [0, 0.1) is 11.3 Å². The molecule has 1 saturated heterocycles. The number of nitrogens with two attached hydrogens (primary N) is 1. The molecule has 0 bridgehead atoms. The van der Waals surface area contributed by atoms with Gasteiger partial charge in [0.2, 0.25) is 5.95 Å². The Bertz CT molecular complexity index is 484. The van der Waals surface area contributed by atoms with Crippen LogP contribution in [0.15, 0.2) is 4.79 Å². The number of nitrogens with zero attached hydrogens (tertiary/aromatic N) is 3. The van der Waals surface area contributed by atoms with Gasteiger partial charge in [-0.15, -0.1) is 0 Å². The van der Waals surface area contributed by atoms with E-state index in [4.69, 9.17) is 15.7 Å². The molecule has 7 heteroatoms. The minimum absolute atomic E-state index is 0.00361. The Morgan fingerprint density at radius 3 is 2.81 bits per heavy atom. The van der Waals surface area contributed by atoms with Crippen molar-refractivity contribution in [2.45, 2.75) is 0 Å². The highest BCUT2D eigenvalue weighted by Gasteiger charge is 2.19. The van der Waals surface area contributed by atoms with E-state index in [9.17, 15) is 4.79 Å². The lowest BCUT2D eigenvalue weighted by atomic mass is 10.3. The third kappa shape index (κ3) is 1.83. The minimum Gasteiger partial charge on any atom is -0.378 e. The van der Waals surface area contributed by atoms with Crippen LogP contribution in [0.5, 0.6) is 0 Å². The zero-order chi connectivity index (χ0) is 11.5. The topological polar surface area (TPSA) is 108 Å².